The molecule has 100 valence electrons. The van der Waals surface area contributed by atoms with Gasteiger partial charge in [-0.3, -0.25) is 0 Å². The largest absolute Gasteiger partial charge is 0.433 e. The van der Waals surface area contributed by atoms with Crippen LogP contribution < -0.4 is 5.32 Å². The molecule has 1 unspecified atom stereocenters. The van der Waals surface area contributed by atoms with E-state index in [9.17, 15) is 18.3 Å². The number of alkyl halides is 3. The molecule has 0 amide bonds. The summed E-state index contributed by atoms with van der Waals surface area (Å²) in [7, 11) is 0. The van der Waals surface area contributed by atoms with Crippen LogP contribution in [-0.4, -0.2) is 35.5 Å². The summed E-state index contributed by atoms with van der Waals surface area (Å²) in [5, 5.41) is 12.6. The van der Waals surface area contributed by atoms with Crippen molar-refractivity contribution in [1.82, 2.24) is 4.98 Å². The molecule has 2 rings (SSSR count). The highest BCUT2D eigenvalue weighted by molar-refractivity contribution is 5.36. The van der Waals surface area contributed by atoms with Gasteiger partial charge in [-0.15, -0.1) is 0 Å². The predicted octanol–water partition coefficient (Wildman–Crippen LogP) is 1.66. The van der Waals surface area contributed by atoms with Crippen LogP contribution in [-0.2, 0) is 10.9 Å². The Morgan fingerprint density at radius 3 is 2.83 bits per heavy atom. The number of nitrogens with one attached hydrogen (secondary N) is 1. The fraction of sp³-hybridized carbons (Fsp3) is 0.545. The van der Waals surface area contributed by atoms with E-state index in [4.69, 9.17) is 4.74 Å². The molecule has 0 aliphatic carbocycles. The second-order valence-electron chi connectivity index (χ2n) is 4.29. The van der Waals surface area contributed by atoms with E-state index in [1.165, 1.54) is 12.1 Å². The first-order valence-electron chi connectivity index (χ1n) is 5.47. The Morgan fingerprint density at radius 1 is 1.44 bits per heavy atom. The molecule has 1 fully saturated rings. The first kappa shape index (κ1) is 13.1. The highest BCUT2D eigenvalue weighted by Crippen LogP contribution is 2.28. The minimum absolute atomic E-state index is 0.0881. The van der Waals surface area contributed by atoms with E-state index < -0.39 is 17.5 Å². The number of pyridine rings is 1. The molecule has 7 heteroatoms. The Kier molecular flexibility index (Phi) is 3.45. The molecule has 1 aromatic rings. The lowest BCUT2D eigenvalue weighted by molar-refractivity contribution is -0.141. The number of aliphatic hydroxyl groups is 1. The first-order chi connectivity index (χ1) is 8.39. The fourth-order valence-electron chi connectivity index (χ4n) is 1.68. The van der Waals surface area contributed by atoms with Gasteiger partial charge in [-0.25, -0.2) is 4.98 Å². The summed E-state index contributed by atoms with van der Waals surface area (Å²) < 4.78 is 42.3. The van der Waals surface area contributed by atoms with Crippen molar-refractivity contribution in [2.24, 2.45) is 0 Å². The van der Waals surface area contributed by atoms with Gasteiger partial charge in [0.25, 0.3) is 0 Å². The van der Waals surface area contributed by atoms with E-state index in [1.807, 2.05) is 0 Å². The van der Waals surface area contributed by atoms with Gasteiger partial charge in [-0.05, 0) is 12.1 Å². The lowest BCUT2D eigenvalue weighted by Gasteiger charge is -2.21. The van der Waals surface area contributed by atoms with Crippen LogP contribution in [0.3, 0.4) is 0 Å². The average molecular weight is 262 g/mol. The van der Waals surface area contributed by atoms with Crippen LogP contribution in [0.15, 0.2) is 18.2 Å². The normalized spacial score (nSPS) is 24.2. The molecular weight excluding hydrogens is 249 g/mol. The molecule has 0 spiro atoms. The number of hydrogen-bond acceptors (Lipinski definition) is 4. The second-order valence-corrected chi connectivity index (χ2v) is 4.29. The number of aromatic nitrogens is 1. The van der Waals surface area contributed by atoms with Crippen molar-refractivity contribution in [3.63, 3.8) is 0 Å². The molecule has 1 saturated heterocycles. The molecule has 18 heavy (non-hydrogen) atoms. The van der Waals surface area contributed by atoms with Gasteiger partial charge < -0.3 is 15.2 Å². The first-order valence-corrected chi connectivity index (χ1v) is 5.47. The van der Waals surface area contributed by atoms with Gasteiger partial charge >= 0.3 is 6.18 Å². The van der Waals surface area contributed by atoms with E-state index >= 15 is 0 Å². The van der Waals surface area contributed by atoms with Crippen molar-refractivity contribution in [2.45, 2.75) is 18.2 Å². The van der Waals surface area contributed by atoms with Crippen molar-refractivity contribution in [3.8, 4) is 0 Å². The van der Waals surface area contributed by atoms with Crippen molar-refractivity contribution < 1.29 is 23.0 Å². The van der Waals surface area contributed by atoms with Crippen molar-refractivity contribution >= 4 is 5.82 Å². The molecule has 0 saturated carbocycles. The molecule has 2 N–H and O–H groups in total. The Balaban J connectivity index is 2.01. The summed E-state index contributed by atoms with van der Waals surface area (Å²) >= 11 is 0. The molecule has 1 atom stereocenters. The average Bonchev–Trinajstić information content (AvgIpc) is 2.74. The zero-order chi connectivity index (χ0) is 13.2. The van der Waals surface area contributed by atoms with Gasteiger partial charge in [-0.1, -0.05) is 6.07 Å². The van der Waals surface area contributed by atoms with Crippen LogP contribution >= 0.6 is 0 Å². The van der Waals surface area contributed by atoms with Gasteiger partial charge in [-0.2, -0.15) is 13.2 Å². The number of anilines is 1. The van der Waals surface area contributed by atoms with Gasteiger partial charge in [0.2, 0.25) is 0 Å². The lowest BCUT2D eigenvalue weighted by atomic mass is 10.0. The summed E-state index contributed by atoms with van der Waals surface area (Å²) in [6.07, 6.45) is -4.01. The fourth-order valence-corrected chi connectivity index (χ4v) is 1.68. The van der Waals surface area contributed by atoms with Crippen LogP contribution in [0.1, 0.15) is 12.1 Å². The summed E-state index contributed by atoms with van der Waals surface area (Å²) in [6.45, 7) is 0.745. The molecule has 1 aromatic heterocycles. The van der Waals surface area contributed by atoms with Crippen molar-refractivity contribution in [1.29, 1.82) is 0 Å². The van der Waals surface area contributed by atoms with Gasteiger partial charge in [0.15, 0.2) is 0 Å². The number of rotatable bonds is 3. The topological polar surface area (TPSA) is 54.4 Å². The van der Waals surface area contributed by atoms with E-state index in [1.54, 1.807) is 0 Å². The monoisotopic (exact) mass is 262 g/mol. The van der Waals surface area contributed by atoms with Crippen LogP contribution in [0.25, 0.3) is 0 Å². The van der Waals surface area contributed by atoms with Crippen molar-refractivity contribution in [3.05, 3.63) is 23.9 Å². The molecule has 0 bridgehead atoms. The lowest BCUT2D eigenvalue weighted by Crippen LogP contribution is -2.37. The molecule has 1 aliphatic rings. The highest BCUT2D eigenvalue weighted by atomic mass is 19.4. The number of nitrogens with zero attached hydrogens (tertiary/aromatic N) is 1. The molecule has 4 nitrogen and oxygen atoms in total. The maximum atomic E-state index is 12.4. The summed E-state index contributed by atoms with van der Waals surface area (Å²) in [5.74, 6) is 0.0881. The zero-order valence-corrected chi connectivity index (χ0v) is 9.50. The Bertz CT molecular complexity index is 417. The minimum Gasteiger partial charge on any atom is -0.386 e. The van der Waals surface area contributed by atoms with Gasteiger partial charge in [0, 0.05) is 19.6 Å². The molecule has 0 aromatic carbocycles. The third-order valence-corrected chi connectivity index (χ3v) is 2.72. The maximum Gasteiger partial charge on any atom is 0.433 e. The molecule has 2 heterocycles. The SMILES string of the molecule is OC1(CNc2cccc(C(F)(F)F)n2)CCOC1. The van der Waals surface area contributed by atoms with E-state index in [-0.39, 0.29) is 19.0 Å². The molecule has 1 aliphatic heterocycles. The quantitative estimate of drug-likeness (QED) is 0.870. The van der Waals surface area contributed by atoms with E-state index in [0.717, 1.165) is 6.07 Å². The van der Waals surface area contributed by atoms with Crippen LogP contribution in [0, 0.1) is 0 Å². The Morgan fingerprint density at radius 2 is 2.22 bits per heavy atom. The maximum absolute atomic E-state index is 12.4. The van der Waals surface area contributed by atoms with Crippen LogP contribution in [0.2, 0.25) is 0 Å². The van der Waals surface area contributed by atoms with E-state index in [2.05, 4.69) is 10.3 Å². The molecule has 0 radical (unpaired) electrons. The smallest absolute Gasteiger partial charge is 0.386 e. The zero-order valence-electron chi connectivity index (χ0n) is 9.50. The number of hydrogen-bond donors (Lipinski definition) is 2. The predicted molar refractivity (Wildman–Crippen MR) is 58.1 cm³/mol. The van der Waals surface area contributed by atoms with Crippen LogP contribution in [0.4, 0.5) is 19.0 Å². The highest BCUT2D eigenvalue weighted by Gasteiger charge is 2.34. The number of halogens is 3. The third-order valence-electron chi connectivity index (χ3n) is 2.72. The van der Waals surface area contributed by atoms with Crippen molar-refractivity contribution in [2.75, 3.05) is 25.1 Å². The summed E-state index contributed by atoms with van der Waals surface area (Å²) in [6, 6.07) is 3.60. The summed E-state index contributed by atoms with van der Waals surface area (Å²) in [4.78, 5) is 3.45. The van der Waals surface area contributed by atoms with Crippen LogP contribution in [0.5, 0.6) is 0 Å². The molecular formula is C11H13F3N2O2. The standard InChI is InChI=1S/C11H13F3N2O2/c12-11(13,14)8-2-1-3-9(16-8)15-6-10(17)4-5-18-7-10/h1-3,17H,4-7H2,(H,15,16). The third kappa shape index (κ3) is 3.11. The summed E-state index contributed by atoms with van der Waals surface area (Å²) in [5.41, 5.74) is -1.99. The number of ether oxygens (including phenoxy) is 1. The Labute approximate surface area is 102 Å². The van der Waals surface area contributed by atoms with E-state index in [0.29, 0.717) is 13.0 Å². The van der Waals surface area contributed by atoms with Gasteiger partial charge in [0.1, 0.15) is 17.1 Å². The Hall–Kier alpha value is -1.34. The minimum atomic E-state index is -4.47. The second kappa shape index (κ2) is 4.74. The van der Waals surface area contributed by atoms with Gasteiger partial charge in [0.05, 0.1) is 6.61 Å².